The van der Waals surface area contributed by atoms with Crippen LogP contribution in [0.3, 0.4) is 0 Å². The van der Waals surface area contributed by atoms with E-state index in [2.05, 4.69) is 18.9 Å². The molecule has 1 saturated carbocycles. The van der Waals surface area contributed by atoms with Gasteiger partial charge in [-0.2, -0.15) is 0 Å². The highest BCUT2D eigenvalue weighted by molar-refractivity contribution is 5.49. The Morgan fingerprint density at radius 1 is 1.38 bits per heavy atom. The average molecular weight is 183 g/mol. The monoisotopic (exact) mass is 183 g/mol. The number of hydrogen-bond acceptors (Lipinski definition) is 2. The molecule has 1 fully saturated rings. The lowest BCUT2D eigenvalue weighted by Gasteiger charge is -2.36. The third kappa shape index (κ3) is 3.11. The molecular weight excluding hydrogens is 162 g/mol. The Hall–Kier alpha value is -0.370. The van der Waals surface area contributed by atoms with Crippen LogP contribution in [0.5, 0.6) is 0 Å². The lowest BCUT2D eigenvalue weighted by Crippen LogP contribution is -2.39. The maximum absolute atomic E-state index is 10.2. The van der Waals surface area contributed by atoms with Gasteiger partial charge in [0.2, 0.25) is 0 Å². The van der Waals surface area contributed by atoms with Crippen molar-refractivity contribution in [1.29, 1.82) is 0 Å². The van der Waals surface area contributed by atoms with Gasteiger partial charge in [0.25, 0.3) is 0 Å². The van der Waals surface area contributed by atoms with Crippen LogP contribution in [-0.2, 0) is 4.79 Å². The molecule has 0 amide bonds. The molecule has 1 aliphatic carbocycles. The molecule has 0 N–H and O–H groups in total. The largest absolute Gasteiger partial charge is 0.303 e. The molecule has 13 heavy (non-hydrogen) atoms. The van der Waals surface area contributed by atoms with Crippen molar-refractivity contribution in [3.05, 3.63) is 0 Å². The zero-order chi connectivity index (χ0) is 9.68. The van der Waals surface area contributed by atoms with E-state index in [0.717, 1.165) is 18.7 Å². The molecule has 2 nitrogen and oxygen atoms in total. The van der Waals surface area contributed by atoms with Crippen LogP contribution < -0.4 is 0 Å². The summed E-state index contributed by atoms with van der Waals surface area (Å²) in [5.41, 5.74) is 0. The van der Waals surface area contributed by atoms with E-state index in [9.17, 15) is 4.79 Å². The van der Waals surface area contributed by atoms with E-state index in [1.807, 2.05) is 0 Å². The van der Waals surface area contributed by atoms with E-state index in [4.69, 9.17) is 0 Å². The second-order valence-corrected chi connectivity index (χ2v) is 4.27. The topological polar surface area (TPSA) is 20.3 Å². The van der Waals surface area contributed by atoms with E-state index >= 15 is 0 Å². The van der Waals surface area contributed by atoms with Crippen molar-refractivity contribution in [3.63, 3.8) is 0 Å². The minimum absolute atomic E-state index is 0.680. The quantitative estimate of drug-likeness (QED) is 0.622. The van der Waals surface area contributed by atoms with Gasteiger partial charge in [0.1, 0.15) is 6.29 Å². The number of aldehydes is 1. The summed E-state index contributed by atoms with van der Waals surface area (Å²) in [6.45, 7) is 3.26. The first-order chi connectivity index (χ1) is 6.25. The Labute approximate surface area is 81.3 Å². The molecular formula is C11H21NO. The summed E-state index contributed by atoms with van der Waals surface area (Å²) in [7, 11) is 2.15. The molecule has 0 aromatic heterocycles. The summed E-state index contributed by atoms with van der Waals surface area (Å²) in [6, 6.07) is 0.716. The Morgan fingerprint density at radius 3 is 2.69 bits per heavy atom. The third-order valence-corrected chi connectivity index (χ3v) is 3.23. The normalized spacial score (nSPS) is 29.2. The smallest absolute Gasteiger partial charge is 0.121 e. The van der Waals surface area contributed by atoms with Gasteiger partial charge in [0.05, 0.1) is 0 Å². The zero-order valence-electron chi connectivity index (χ0n) is 8.83. The predicted molar refractivity (Wildman–Crippen MR) is 54.7 cm³/mol. The van der Waals surface area contributed by atoms with Gasteiger partial charge in [-0.25, -0.2) is 0 Å². The summed E-state index contributed by atoms with van der Waals surface area (Å²) < 4.78 is 0. The summed E-state index contributed by atoms with van der Waals surface area (Å²) in [5, 5.41) is 0. The summed E-state index contributed by atoms with van der Waals surface area (Å²) in [5.74, 6) is 0.811. The molecule has 2 heteroatoms. The lowest BCUT2D eigenvalue weighted by molar-refractivity contribution is -0.108. The SMILES string of the molecule is CC1CCCCC1N(C)CCC=O. The fraction of sp³-hybridized carbons (Fsp3) is 0.909. The molecule has 2 atom stereocenters. The van der Waals surface area contributed by atoms with Crippen LogP contribution in [0.15, 0.2) is 0 Å². The van der Waals surface area contributed by atoms with E-state index < -0.39 is 0 Å². The minimum Gasteiger partial charge on any atom is -0.303 e. The highest BCUT2D eigenvalue weighted by Gasteiger charge is 2.24. The van der Waals surface area contributed by atoms with Crippen LogP contribution in [0, 0.1) is 5.92 Å². The van der Waals surface area contributed by atoms with Crippen LogP contribution in [-0.4, -0.2) is 30.8 Å². The number of rotatable bonds is 4. The molecule has 0 saturated heterocycles. The van der Waals surface area contributed by atoms with Gasteiger partial charge >= 0.3 is 0 Å². The van der Waals surface area contributed by atoms with Crippen LogP contribution in [0.1, 0.15) is 39.0 Å². The Kier molecular flexibility index (Phi) is 4.43. The van der Waals surface area contributed by atoms with Crippen LogP contribution in [0.2, 0.25) is 0 Å². The average Bonchev–Trinajstić information content (AvgIpc) is 2.15. The minimum atomic E-state index is 0.680. The van der Waals surface area contributed by atoms with Crippen molar-refractivity contribution in [2.24, 2.45) is 5.92 Å². The first-order valence-corrected chi connectivity index (χ1v) is 5.39. The number of nitrogens with zero attached hydrogens (tertiary/aromatic N) is 1. The van der Waals surface area contributed by atoms with Crippen molar-refractivity contribution < 1.29 is 4.79 Å². The molecule has 0 spiro atoms. The second-order valence-electron chi connectivity index (χ2n) is 4.27. The van der Waals surface area contributed by atoms with Crippen molar-refractivity contribution in [2.45, 2.75) is 45.1 Å². The predicted octanol–water partition coefficient (Wildman–Crippen LogP) is 2.09. The molecule has 0 aliphatic heterocycles. The number of carbonyl (C=O) groups excluding carboxylic acids is 1. The van der Waals surface area contributed by atoms with Crippen LogP contribution >= 0.6 is 0 Å². The highest BCUT2D eigenvalue weighted by atomic mass is 16.1. The molecule has 1 rings (SSSR count). The Morgan fingerprint density at radius 2 is 2.08 bits per heavy atom. The fourth-order valence-electron chi connectivity index (χ4n) is 2.37. The molecule has 0 aromatic carbocycles. The number of hydrogen-bond donors (Lipinski definition) is 0. The lowest BCUT2D eigenvalue weighted by atomic mass is 9.85. The van der Waals surface area contributed by atoms with Gasteiger partial charge in [0, 0.05) is 19.0 Å². The van der Waals surface area contributed by atoms with Gasteiger partial charge in [-0.05, 0) is 25.8 Å². The van der Waals surface area contributed by atoms with E-state index in [-0.39, 0.29) is 0 Å². The van der Waals surface area contributed by atoms with Crippen LogP contribution in [0.25, 0.3) is 0 Å². The third-order valence-electron chi connectivity index (χ3n) is 3.23. The molecule has 0 heterocycles. The fourth-order valence-corrected chi connectivity index (χ4v) is 2.37. The maximum Gasteiger partial charge on any atom is 0.121 e. The van der Waals surface area contributed by atoms with Crippen molar-refractivity contribution >= 4 is 6.29 Å². The van der Waals surface area contributed by atoms with Crippen LogP contribution in [0.4, 0.5) is 0 Å². The standard InChI is InChI=1S/C11H21NO/c1-10-6-3-4-7-11(10)12(2)8-5-9-13/h9-11H,3-8H2,1-2H3. The zero-order valence-corrected chi connectivity index (χ0v) is 8.83. The second kappa shape index (κ2) is 5.38. The molecule has 0 radical (unpaired) electrons. The summed E-state index contributed by atoms with van der Waals surface area (Å²) >= 11 is 0. The van der Waals surface area contributed by atoms with Gasteiger partial charge in [-0.3, -0.25) is 0 Å². The van der Waals surface area contributed by atoms with Crippen molar-refractivity contribution in [2.75, 3.05) is 13.6 Å². The summed E-state index contributed by atoms with van der Waals surface area (Å²) in [6.07, 6.45) is 7.12. The molecule has 0 bridgehead atoms. The molecule has 2 unspecified atom stereocenters. The van der Waals surface area contributed by atoms with E-state index in [1.54, 1.807) is 0 Å². The molecule has 0 aromatic rings. The Balaban J connectivity index is 2.34. The maximum atomic E-state index is 10.2. The molecule has 1 aliphatic rings. The van der Waals surface area contributed by atoms with E-state index in [1.165, 1.54) is 25.7 Å². The van der Waals surface area contributed by atoms with Crippen molar-refractivity contribution in [3.8, 4) is 0 Å². The number of carbonyl (C=O) groups is 1. The summed E-state index contributed by atoms with van der Waals surface area (Å²) in [4.78, 5) is 12.6. The van der Waals surface area contributed by atoms with Gasteiger partial charge in [-0.15, -0.1) is 0 Å². The first-order valence-electron chi connectivity index (χ1n) is 5.39. The first kappa shape index (κ1) is 10.7. The molecule has 76 valence electrons. The highest BCUT2D eigenvalue weighted by Crippen LogP contribution is 2.27. The van der Waals surface area contributed by atoms with Crippen molar-refractivity contribution in [1.82, 2.24) is 4.90 Å². The van der Waals surface area contributed by atoms with Gasteiger partial charge in [-0.1, -0.05) is 19.8 Å². The van der Waals surface area contributed by atoms with E-state index in [0.29, 0.717) is 12.5 Å². The van der Waals surface area contributed by atoms with Gasteiger partial charge in [0.15, 0.2) is 0 Å². The van der Waals surface area contributed by atoms with Gasteiger partial charge < -0.3 is 9.69 Å². The Bertz CT molecular complexity index is 158.